The monoisotopic (exact) mass is 437 g/mol. The van der Waals surface area contributed by atoms with Crippen LogP contribution in [0.3, 0.4) is 0 Å². The van der Waals surface area contributed by atoms with Gasteiger partial charge >= 0.3 is 0 Å². The number of aliphatic imine (C=N–C) groups is 1. The second kappa shape index (κ2) is 12.5. The Bertz CT molecular complexity index is 844. The maximum Gasteiger partial charge on any atom is 0.191 e. The van der Waals surface area contributed by atoms with Gasteiger partial charge in [-0.15, -0.1) is 0 Å². The van der Waals surface area contributed by atoms with Gasteiger partial charge in [-0.2, -0.15) is 0 Å². The van der Waals surface area contributed by atoms with Gasteiger partial charge in [-0.3, -0.25) is 4.90 Å². The first-order valence-electron chi connectivity index (χ1n) is 11.7. The van der Waals surface area contributed by atoms with E-state index in [2.05, 4.69) is 83.9 Å². The highest BCUT2D eigenvalue weighted by molar-refractivity contribution is 5.79. The molecule has 174 valence electrons. The van der Waals surface area contributed by atoms with Crippen molar-refractivity contribution in [1.29, 1.82) is 0 Å². The number of nitrogens with one attached hydrogen (secondary N) is 2. The molecule has 0 aliphatic carbocycles. The van der Waals surface area contributed by atoms with Crippen LogP contribution < -0.4 is 15.4 Å². The number of ether oxygens (including phenoxy) is 1. The molecule has 0 aromatic heterocycles. The maximum atomic E-state index is 5.47. The van der Waals surface area contributed by atoms with Gasteiger partial charge in [-0.1, -0.05) is 36.4 Å². The smallest absolute Gasteiger partial charge is 0.191 e. The predicted molar refractivity (Wildman–Crippen MR) is 133 cm³/mol. The average Bonchev–Trinajstić information content (AvgIpc) is 3.33. The highest BCUT2D eigenvalue weighted by Gasteiger charge is 2.24. The van der Waals surface area contributed by atoms with Crippen LogP contribution in [0.15, 0.2) is 53.5 Å². The third kappa shape index (κ3) is 7.24. The summed E-state index contributed by atoms with van der Waals surface area (Å²) in [6.07, 6.45) is 2.52. The lowest BCUT2D eigenvalue weighted by molar-refractivity contribution is 0.245. The molecule has 0 spiro atoms. The zero-order valence-electron chi connectivity index (χ0n) is 20.1. The summed E-state index contributed by atoms with van der Waals surface area (Å²) in [7, 11) is 5.91. The van der Waals surface area contributed by atoms with Crippen molar-refractivity contribution in [3.63, 3.8) is 0 Å². The highest BCUT2D eigenvalue weighted by Crippen LogP contribution is 2.27. The zero-order valence-corrected chi connectivity index (χ0v) is 20.1. The molecule has 1 aliphatic heterocycles. The molecule has 2 aromatic rings. The summed E-state index contributed by atoms with van der Waals surface area (Å²) >= 11 is 0. The fourth-order valence-electron chi connectivity index (χ4n) is 4.18. The molecule has 1 fully saturated rings. The molecule has 1 saturated heterocycles. The molecular weight excluding hydrogens is 398 g/mol. The fourth-order valence-corrected chi connectivity index (χ4v) is 4.18. The predicted octanol–water partition coefficient (Wildman–Crippen LogP) is 3.65. The van der Waals surface area contributed by atoms with E-state index in [-0.39, 0.29) is 0 Å². The second-order valence-electron chi connectivity index (χ2n) is 8.67. The van der Waals surface area contributed by atoms with E-state index in [9.17, 15) is 0 Å². The molecule has 3 rings (SSSR count). The standard InChI is InChI=1S/C26H39N5O/c1-5-27-26(28-18-21-11-13-22(14-12-21)20-30(2)3)29-19-25(31-15-6-7-16-31)23-9-8-10-24(17-23)32-4/h8-14,17,25H,5-7,15-16,18-20H2,1-4H3,(H2,27,28,29). The van der Waals surface area contributed by atoms with Gasteiger partial charge in [0.1, 0.15) is 5.75 Å². The van der Waals surface area contributed by atoms with Gasteiger partial charge in [0.15, 0.2) is 5.96 Å². The van der Waals surface area contributed by atoms with Gasteiger partial charge in [0.2, 0.25) is 0 Å². The first-order chi connectivity index (χ1) is 15.6. The molecule has 0 amide bonds. The van der Waals surface area contributed by atoms with Crippen molar-refractivity contribution in [2.75, 3.05) is 47.4 Å². The van der Waals surface area contributed by atoms with Crippen LogP contribution in [0.1, 0.15) is 42.5 Å². The van der Waals surface area contributed by atoms with Gasteiger partial charge in [0, 0.05) is 19.6 Å². The van der Waals surface area contributed by atoms with Crippen LogP contribution >= 0.6 is 0 Å². The van der Waals surface area contributed by atoms with E-state index in [1.54, 1.807) is 7.11 Å². The van der Waals surface area contributed by atoms with E-state index in [1.807, 2.05) is 6.07 Å². The van der Waals surface area contributed by atoms with Crippen LogP contribution in [0.5, 0.6) is 5.75 Å². The maximum absolute atomic E-state index is 5.47. The molecule has 1 aliphatic rings. The van der Waals surface area contributed by atoms with E-state index >= 15 is 0 Å². The average molecular weight is 438 g/mol. The minimum atomic E-state index is 0.293. The number of likely N-dealkylation sites (tertiary alicyclic amines) is 1. The van der Waals surface area contributed by atoms with E-state index in [0.717, 1.165) is 44.4 Å². The summed E-state index contributed by atoms with van der Waals surface area (Å²) in [5.74, 6) is 1.77. The molecule has 0 radical (unpaired) electrons. The minimum absolute atomic E-state index is 0.293. The van der Waals surface area contributed by atoms with Crippen LogP contribution in [0.2, 0.25) is 0 Å². The summed E-state index contributed by atoms with van der Waals surface area (Å²) in [4.78, 5) is 9.59. The van der Waals surface area contributed by atoms with Crippen molar-refractivity contribution < 1.29 is 4.74 Å². The molecule has 2 aromatic carbocycles. The third-order valence-electron chi connectivity index (χ3n) is 5.81. The summed E-state index contributed by atoms with van der Waals surface area (Å²) in [6.45, 7) is 7.63. The second-order valence-corrected chi connectivity index (χ2v) is 8.67. The van der Waals surface area contributed by atoms with Gasteiger partial charge in [-0.25, -0.2) is 4.99 Å². The van der Waals surface area contributed by atoms with Crippen LogP contribution in [0, 0.1) is 0 Å². The Morgan fingerprint density at radius 3 is 2.44 bits per heavy atom. The van der Waals surface area contributed by atoms with Crippen LogP contribution in [0.4, 0.5) is 0 Å². The quantitative estimate of drug-likeness (QED) is 0.439. The Morgan fingerprint density at radius 1 is 1.06 bits per heavy atom. The molecular formula is C26H39N5O. The van der Waals surface area contributed by atoms with Crippen LogP contribution in [-0.2, 0) is 13.1 Å². The largest absolute Gasteiger partial charge is 0.497 e. The Balaban J connectivity index is 1.67. The lowest BCUT2D eigenvalue weighted by atomic mass is 10.1. The van der Waals surface area contributed by atoms with Crippen molar-refractivity contribution in [2.24, 2.45) is 4.99 Å². The number of rotatable bonds is 10. The number of guanidine groups is 1. The van der Waals surface area contributed by atoms with Gasteiger partial charge in [-0.05, 0) is 75.8 Å². The normalized spacial score (nSPS) is 15.7. The van der Waals surface area contributed by atoms with Gasteiger partial charge in [0.05, 0.1) is 19.7 Å². The topological polar surface area (TPSA) is 52.1 Å². The fraction of sp³-hybridized carbons (Fsp3) is 0.500. The number of hydrogen-bond acceptors (Lipinski definition) is 4. The minimum Gasteiger partial charge on any atom is -0.497 e. The SMILES string of the molecule is CCNC(=NCc1ccc(CN(C)C)cc1)NCC(c1cccc(OC)c1)N1CCCC1. The van der Waals surface area contributed by atoms with E-state index in [4.69, 9.17) is 9.73 Å². The Hall–Kier alpha value is -2.57. The lowest BCUT2D eigenvalue weighted by Crippen LogP contribution is -2.42. The molecule has 0 bridgehead atoms. The van der Waals surface area contributed by atoms with E-state index in [1.165, 1.54) is 29.5 Å². The first kappa shape index (κ1) is 24.1. The van der Waals surface area contributed by atoms with Crippen LogP contribution in [-0.4, -0.2) is 63.1 Å². The van der Waals surface area contributed by atoms with E-state index < -0.39 is 0 Å². The summed E-state index contributed by atoms with van der Waals surface area (Å²) in [5.41, 5.74) is 3.82. The van der Waals surface area contributed by atoms with Crippen molar-refractivity contribution in [2.45, 2.75) is 38.9 Å². The molecule has 6 heteroatoms. The van der Waals surface area contributed by atoms with Crippen molar-refractivity contribution in [3.05, 3.63) is 65.2 Å². The highest BCUT2D eigenvalue weighted by atomic mass is 16.5. The Labute approximate surface area is 193 Å². The zero-order chi connectivity index (χ0) is 22.8. The third-order valence-corrected chi connectivity index (χ3v) is 5.81. The lowest BCUT2D eigenvalue weighted by Gasteiger charge is -2.29. The molecule has 1 unspecified atom stereocenters. The van der Waals surface area contributed by atoms with Gasteiger partial charge in [0.25, 0.3) is 0 Å². The van der Waals surface area contributed by atoms with Crippen molar-refractivity contribution in [3.8, 4) is 5.75 Å². The number of nitrogens with zero attached hydrogens (tertiary/aromatic N) is 3. The van der Waals surface area contributed by atoms with Crippen LogP contribution in [0.25, 0.3) is 0 Å². The summed E-state index contributed by atoms with van der Waals surface area (Å²) < 4.78 is 5.47. The Kier molecular flexibility index (Phi) is 9.38. The first-order valence-corrected chi connectivity index (χ1v) is 11.7. The number of benzene rings is 2. The molecule has 1 atom stereocenters. The molecule has 32 heavy (non-hydrogen) atoms. The van der Waals surface area contributed by atoms with Crippen molar-refractivity contribution >= 4 is 5.96 Å². The molecule has 6 nitrogen and oxygen atoms in total. The molecule has 1 heterocycles. The van der Waals surface area contributed by atoms with Gasteiger partial charge < -0.3 is 20.3 Å². The number of hydrogen-bond donors (Lipinski definition) is 2. The summed E-state index contributed by atoms with van der Waals surface area (Å²) in [6, 6.07) is 17.5. The van der Waals surface area contributed by atoms with E-state index in [0.29, 0.717) is 12.6 Å². The summed E-state index contributed by atoms with van der Waals surface area (Å²) in [5, 5.41) is 6.99. The molecule has 2 N–H and O–H groups in total. The van der Waals surface area contributed by atoms with Crippen molar-refractivity contribution in [1.82, 2.24) is 20.4 Å². The molecule has 0 saturated carbocycles. The Morgan fingerprint density at radius 2 is 1.78 bits per heavy atom. The number of methoxy groups -OCH3 is 1.